The molecule has 112 valence electrons. The summed E-state index contributed by atoms with van der Waals surface area (Å²) in [4.78, 5) is 22.8. The standard InChI is InChI=1S/C15H18N2O4/c16-13(7-9-1-5-12(18)6-2-9)14(19)17-11-4-3-10(8-11)15(20)21/h1-6,10-11,13,18H,7-8,16H2,(H,17,19)(H,20,21)/t10?,11?,13-/m1/s1. The van der Waals surface area contributed by atoms with Gasteiger partial charge in [0.25, 0.3) is 0 Å². The van der Waals surface area contributed by atoms with Gasteiger partial charge in [0.05, 0.1) is 12.0 Å². The molecular formula is C15H18N2O4. The smallest absolute Gasteiger partial charge is 0.310 e. The highest BCUT2D eigenvalue weighted by Crippen LogP contribution is 2.18. The Morgan fingerprint density at radius 3 is 2.52 bits per heavy atom. The number of carbonyl (C=O) groups is 2. The Morgan fingerprint density at radius 2 is 1.95 bits per heavy atom. The number of amides is 1. The van der Waals surface area contributed by atoms with E-state index < -0.39 is 17.9 Å². The van der Waals surface area contributed by atoms with E-state index in [9.17, 15) is 14.7 Å². The number of phenols is 1. The van der Waals surface area contributed by atoms with Crippen LogP contribution < -0.4 is 11.1 Å². The number of hydrogen-bond acceptors (Lipinski definition) is 4. The van der Waals surface area contributed by atoms with Crippen LogP contribution >= 0.6 is 0 Å². The zero-order valence-electron chi connectivity index (χ0n) is 11.4. The van der Waals surface area contributed by atoms with Crippen LogP contribution in [0.15, 0.2) is 36.4 Å². The van der Waals surface area contributed by atoms with E-state index in [-0.39, 0.29) is 17.7 Å². The van der Waals surface area contributed by atoms with Crippen LogP contribution in [0.1, 0.15) is 12.0 Å². The Labute approximate surface area is 122 Å². The molecule has 0 saturated carbocycles. The number of aliphatic carboxylic acids is 1. The van der Waals surface area contributed by atoms with E-state index in [1.165, 1.54) is 12.1 Å². The second kappa shape index (κ2) is 6.41. The van der Waals surface area contributed by atoms with Crippen molar-refractivity contribution < 1.29 is 19.8 Å². The number of nitrogens with one attached hydrogen (secondary N) is 1. The Bertz CT molecular complexity index is 553. The minimum atomic E-state index is -0.892. The summed E-state index contributed by atoms with van der Waals surface area (Å²) >= 11 is 0. The van der Waals surface area contributed by atoms with Crippen LogP contribution in [0.5, 0.6) is 5.75 Å². The van der Waals surface area contributed by atoms with Gasteiger partial charge in [-0.15, -0.1) is 0 Å². The van der Waals surface area contributed by atoms with Gasteiger partial charge in [0.1, 0.15) is 5.75 Å². The van der Waals surface area contributed by atoms with Crippen LogP contribution in [0.3, 0.4) is 0 Å². The predicted octanol–water partition coefficient (Wildman–Crippen LogP) is 0.407. The molecule has 2 unspecified atom stereocenters. The largest absolute Gasteiger partial charge is 0.508 e. The minimum absolute atomic E-state index is 0.160. The van der Waals surface area contributed by atoms with Crippen LogP contribution in [0, 0.1) is 5.92 Å². The lowest BCUT2D eigenvalue weighted by atomic mass is 10.0. The summed E-state index contributed by atoms with van der Waals surface area (Å²) in [5.74, 6) is -1.60. The van der Waals surface area contributed by atoms with E-state index >= 15 is 0 Å². The summed E-state index contributed by atoms with van der Waals surface area (Å²) < 4.78 is 0. The first kappa shape index (κ1) is 15.1. The molecule has 1 aromatic carbocycles. The van der Waals surface area contributed by atoms with Crippen molar-refractivity contribution in [1.29, 1.82) is 0 Å². The maximum atomic E-state index is 12.0. The minimum Gasteiger partial charge on any atom is -0.508 e. The molecule has 0 radical (unpaired) electrons. The highest BCUT2D eigenvalue weighted by atomic mass is 16.4. The lowest BCUT2D eigenvalue weighted by molar-refractivity contribution is -0.140. The second-order valence-corrected chi connectivity index (χ2v) is 5.16. The molecular weight excluding hydrogens is 272 g/mol. The van der Waals surface area contributed by atoms with Gasteiger partial charge in [-0.05, 0) is 30.5 Å². The number of carboxylic acid groups (broad SMARTS) is 1. The van der Waals surface area contributed by atoms with Gasteiger partial charge in [0.15, 0.2) is 0 Å². The molecule has 0 aromatic heterocycles. The molecule has 0 aliphatic heterocycles. The third kappa shape index (κ3) is 4.06. The number of carboxylic acids is 1. The fourth-order valence-corrected chi connectivity index (χ4v) is 2.26. The van der Waals surface area contributed by atoms with Gasteiger partial charge in [-0.25, -0.2) is 0 Å². The van der Waals surface area contributed by atoms with Crippen LogP contribution in [-0.4, -0.2) is 34.2 Å². The van der Waals surface area contributed by atoms with Gasteiger partial charge in [0, 0.05) is 6.04 Å². The van der Waals surface area contributed by atoms with E-state index in [1.54, 1.807) is 24.3 Å². The van der Waals surface area contributed by atoms with Crippen molar-refractivity contribution in [3.8, 4) is 5.75 Å². The van der Waals surface area contributed by atoms with E-state index in [0.29, 0.717) is 12.8 Å². The first-order chi connectivity index (χ1) is 9.95. The normalized spacial score (nSPS) is 22.0. The van der Waals surface area contributed by atoms with Crippen molar-refractivity contribution >= 4 is 11.9 Å². The number of rotatable bonds is 5. The quantitative estimate of drug-likeness (QED) is 0.587. The van der Waals surface area contributed by atoms with Gasteiger partial charge in [-0.1, -0.05) is 24.3 Å². The van der Waals surface area contributed by atoms with E-state index in [1.807, 2.05) is 0 Å². The molecule has 1 aliphatic carbocycles. The molecule has 6 nitrogen and oxygen atoms in total. The molecule has 2 rings (SSSR count). The van der Waals surface area contributed by atoms with Gasteiger partial charge in [0.2, 0.25) is 5.91 Å². The first-order valence-electron chi connectivity index (χ1n) is 6.70. The lowest BCUT2D eigenvalue weighted by Gasteiger charge is -2.16. The number of nitrogens with two attached hydrogens (primary N) is 1. The Balaban J connectivity index is 1.85. The van der Waals surface area contributed by atoms with Crippen molar-refractivity contribution in [3.63, 3.8) is 0 Å². The Morgan fingerprint density at radius 1 is 1.29 bits per heavy atom. The summed E-state index contributed by atoms with van der Waals surface area (Å²) in [6, 6.07) is 5.49. The summed E-state index contributed by atoms with van der Waals surface area (Å²) in [6.45, 7) is 0. The van der Waals surface area contributed by atoms with E-state index in [4.69, 9.17) is 10.8 Å². The number of aromatic hydroxyl groups is 1. The van der Waals surface area contributed by atoms with Crippen molar-refractivity contribution in [2.75, 3.05) is 0 Å². The molecule has 6 heteroatoms. The predicted molar refractivity (Wildman–Crippen MR) is 76.6 cm³/mol. The highest BCUT2D eigenvalue weighted by Gasteiger charge is 2.26. The second-order valence-electron chi connectivity index (χ2n) is 5.16. The third-order valence-electron chi connectivity index (χ3n) is 3.46. The lowest BCUT2D eigenvalue weighted by Crippen LogP contribution is -2.45. The molecule has 0 bridgehead atoms. The van der Waals surface area contributed by atoms with Crippen LogP contribution in [0.4, 0.5) is 0 Å². The zero-order chi connectivity index (χ0) is 15.4. The SMILES string of the molecule is N[C@H](Cc1ccc(O)cc1)C(=O)NC1C=CC(C(=O)O)C1. The van der Waals surface area contributed by atoms with E-state index in [0.717, 1.165) is 5.56 Å². The fourth-order valence-electron chi connectivity index (χ4n) is 2.26. The molecule has 1 aliphatic rings. The Kier molecular flexibility index (Phi) is 4.59. The summed E-state index contributed by atoms with van der Waals surface area (Å²) in [5.41, 5.74) is 6.69. The highest BCUT2D eigenvalue weighted by molar-refractivity contribution is 5.82. The first-order valence-corrected chi connectivity index (χ1v) is 6.70. The third-order valence-corrected chi connectivity index (χ3v) is 3.46. The summed E-state index contributed by atoms with van der Waals surface area (Å²) in [5, 5.41) is 20.8. The molecule has 0 fully saturated rings. The fraction of sp³-hybridized carbons (Fsp3) is 0.333. The maximum absolute atomic E-state index is 12.0. The molecule has 0 spiro atoms. The van der Waals surface area contributed by atoms with Gasteiger partial charge >= 0.3 is 5.97 Å². The molecule has 0 heterocycles. The summed E-state index contributed by atoms with van der Waals surface area (Å²) in [6.07, 6.45) is 3.97. The Hall–Kier alpha value is -2.34. The van der Waals surface area contributed by atoms with Crippen LogP contribution in [0.2, 0.25) is 0 Å². The van der Waals surface area contributed by atoms with Gasteiger partial charge in [-0.2, -0.15) is 0 Å². The molecule has 3 atom stereocenters. The van der Waals surface area contributed by atoms with E-state index in [2.05, 4.69) is 5.32 Å². The van der Waals surface area contributed by atoms with Crippen molar-refractivity contribution in [2.45, 2.75) is 24.9 Å². The van der Waals surface area contributed by atoms with Crippen LogP contribution in [-0.2, 0) is 16.0 Å². The molecule has 1 amide bonds. The number of hydrogen-bond donors (Lipinski definition) is 4. The number of phenolic OH excluding ortho intramolecular Hbond substituents is 1. The molecule has 21 heavy (non-hydrogen) atoms. The zero-order valence-corrected chi connectivity index (χ0v) is 11.4. The number of carbonyl (C=O) groups excluding carboxylic acids is 1. The molecule has 5 N–H and O–H groups in total. The topological polar surface area (TPSA) is 113 Å². The maximum Gasteiger partial charge on any atom is 0.310 e. The summed E-state index contributed by atoms with van der Waals surface area (Å²) in [7, 11) is 0. The molecule has 0 saturated heterocycles. The average Bonchev–Trinajstić information content (AvgIpc) is 2.90. The van der Waals surface area contributed by atoms with Crippen LogP contribution in [0.25, 0.3) is 0 Å². The monoisotopic (exact) mass is 290 g/mol. The van der Waals surface area contributed by atoms with Crippen molar-refractivity contribution in [3.05, 3.63) is 42.0 Å². The number of benzene rings is 1. The van der Waals surface area contributed by atoms with Gasteiger partial charge < -0.3 is 21.3 Å². The average molecular weight is 290 g/mol. The van der Waals surface area contributed by atoms with Crippen molar-refractivity contribution in [2.24, 2.45) is 11.7 Å². The molecule has 1 aromatic rings. The van der Waals surface area contributed by atoms with Crippen molar-refractivity contribution in [1.82, 2.24) is 5.32 Å². The van der Waals surface area contributed by atoms with Gasteiger partial charge in [-0.3, -0.25) is 9.59 Å².